The monoisotopic (exact) mass is 294 g/mol. The topological polar surface area (TPSA) is 51.0 Å². The SMILES string of the molecule is CC(=O)N(C)c1cn(-c2cccnc2)nc1Br. The van der Waals surface area contributed by atoms with Crippen LogP contribution in [0.25, 0.3) is 5.69 Å². The Bertz CT molecular complexity index is 538. The van der Waals surface area contributed by atoms with E-state index in [4.69, 9.17) is 0 Å². The zero-order valence-electron chi connectivity index (χ0n) is 9.46. The first-order valence-electron chi connectivity index (χ1n) is 4.99. The second-order valence-corrected chi connectivity index (χ2v) is 4.29. The van der Waals surface area contributed by atoms with Crippen molar-refractivity contribution in [2.45, 2.75) is 6.92 Å². The lowest BCUT2D eigenvalue weighted by Gasteiger charge is -2.11. The van der Waals surface area contributed by atoms with Crippen LogP contribution in [0.4, 0.5) is 5.69 Å². The zero-order valence-corrected chi connectivity index (χ0v) is 11.0. The molecule has 0 spiro atoms. The molecular weight excluding hydrogens is 284 g/mol. The van der Waals surface area contributed by atoms with Crippen molar-refractivity contribution in [2.75, 3.05) is 11.9 Å². The van der Waals surface area contributed by atoms with Crippen LogP contribution in [0.1, 0.15) is 6.92 Å². The Morgan fingerprint density at radius 3 is 2.88 bits per heavy atom. The van der Waals surface area contributed by atoms with Gasteiger partial charge < -0.3 is 4.90 Å². The van der Waals surface area contributed by atoms with Gasteiger partial charge >= 0.3 is 0 Å². The minimum Gasteiger partial charge on any atom is -0.312 e. The van der Waals surface area contributed by atoms with Crippen molar-refractivity contribution in [3.63, 3.8) is 0 Å². The number of halogens is 1. The van der Waals surface area contributed by atoms with Crippen molar-refractivity contribution in [1.29, 1.82) is 0 Å². The molecule has 2 aromatic rings. The van der Waals surface area contributed by atoms with Gasteiger partial charge in [0.1, 0.15) is 0 Å². The van der Waals surface area contributed by atoms with Gasteiger partial charge in [-0.3, -0.25) is 9.78 Å². The lowest BCUT2D eigenvalue weighted by molar-refractivity contribution is -0.116. The summed E-state index contributed by atoms with van der Waals surface area (Å²) in [6.07, 6.45) is 5.18. The van der Waals surface area contributed by atoms with Crippen LogP contribution < -0.4 is 4.90 Å². The maximum Gasteiger partial charge on any atom is 0.223 e. The van der Waals surface area contributed by atoms with E-state index in [-0.39, 0.29) is 5.91 Å². The van der Waals surface area contributed by atoms with Crippen molar-refractivity contribution >= 4 is 27.5 Å². The minimum absolute atomic E-state index is 0.0450. The molecule has 5 nitrogen and oxygen atoms in total. The Balaban J connectivity index is 2.41. The minimum atomic E-state index is -0.0450. The molecule has 1 amide bonds. The molecule has 0 aliphatic carbocycles. The molecule has 0 N–H and O–H groups in total. The summed E-state index contributed by atoms with van der Waals surface area (Å²) in [4.78, 5) is 16.9. The first kappa shape index (κ1) is 11.8. The fourth-order valence-electron chi connectivity index (χ4n) is 1.36. The van der Waals surface area contributed by atoms with Crippen molar-refractivity contribution < 1.29 is 4.79 Å². The molecule has 0 fully saturated rings. The number of carbonyl (C=O) groups is 1. The van der Waals surface area contributed by atoms with E-state index < -0.39 is 0 Å². The summed E-state index contributed by atoms with van der Waals surface area (Å²) >= 11 is 3.34. The van der Waals surface area contributed by atoms with Gasteiger partial charge in [-0.2, -0.15) is 5.10 Å². The van der Waals surface area contributed by atoms with Gasteiger partial charge in [0, 0.05) is 20.2 Å². The lowest BCUT2D eigenvalue weighted by Crippen LogP contribution is -2.22. The molecule has 6 heteroatoms. The van der Waals surface area contributed by atoms with E-state index in [1.807, 2.05) is 12.1 Å². The van der Waals surface area contributed by atoms with Gasteiger partial charge in [-0.1, -0.05) is 0 Å². The molecule has 0 saturated heterocycles. The molecule has 0 aliphatic rings. The number of aromatic nitrogens is 3. The molecule has 0 unspecified atom stereocenters. The molecule has 0 bridgehead atoms. The van der Waals surface area contributed by atoms with Gasteiger partial charge in [-0.25, -0.2) is 4.68 Å². The molecule has 17 heavy (non-hydrogen) atoms. The first-order valence-corrected chi connectivity index (χ1v) is 5.79. The summed E-state index contributed by atoms with van der Waals surface area (Å²) in [5.74, 6) is -0.0450. The molecule has 0 aliphatic heterocycles. The van der Waals surface area contributed by atoms with Crippen LogP contribution in [-0.2, 0) is 4.79 Å². The third-order valence-electron chi connectivity index (χ3n) is 2.40. The lowest BCUT2D eigenvalue weighted by atomic mass is 10.4. The van der Waals surface area contributed by atoms with Gasteiger partial charge in [0.05, 0.1) is 23.8 Å². The van der Waals surface area contributed by atoms with Crippen LogP contribution in [0.5, 0.6) is 0 Å². The fraction of sp³-hybridized carbons (Fsp3) is 0.182. The molecule has 2 rings (SSSR count). The predicted octanol–water partition coefficient (Wildman–Crippen LogP) is 2.01. The number of pyridine rings is 1. The van der Waals surface area contributed by atoms with Gasteiger partial charge in [-0.15, -0.1) is 0 Å². The Kier molecular flexibility index (Phi) is 3.23. The standard InChI is InChI=1S/C11H11BrN4O/c1-8(17)15(2)10-7-16(14-11(10)12)9-4-3-5-13-6-9/h3-7H,1-2H3. The first-order chi connectivity index (χ1) is 8.09. The average Bonchev–Trinajstić information content (AvgIpc) is 2.71. The zero-order chi connectivity index (χ0) is 12.4. The number of hydrogen-bond donors (Lipinski definition) is 0. The van der Waals surface area contributed by atoms with E-state index >= 15 is 0 Å². The number of nitrogens with zero attached hydrogens (tertiary/aromatic N) is 4. The molecule has 2 aromatic heterocycles. The van der Waals surface area contributed by atoms with Crippen LogP contribution in [-0.4, -0.2) is 27.7 Å². The summed E-state index contributed by atoms with van der Waals surface area (Å²) in [5, 5.41) is 4.28. The third kappa shape index (κ3) is 2.36. The highest BCUT2D eigenvalue weighted by Gasteiger charge is 2.14. The van der Waals surface area contributed by atoms with Crippen molar-refractivity contribution in [2.24, 2.45) is 0 Å². The number of amides is 1. The van der Waals surface area contributed by atoms with Gasteiger partial charge in [0.25, 0.3) is 0 Å². The molecule has 0 radical (unpaired) electrons. The van der Waals surface area contributed by atoms with Gasteiger partial charge in [0.15, 0.2) is 4.60 Å². The summed E-state index contributed by atoms with van der Waals surface area (Å²) in [5.41, 5.74) is 1.57. The Labute approximate surface area is 107 Å². The van der Waals surface area contributed by atoms with Gasteiger partial charge in [0.2, 0.25) is 5.91 Å². The van der Waals surface area contributed by atoms with Crippen LogP contribution in [0.2, 0.25) is 0 Å². The third-order valence-corrected chi connectivity index (χ3v) is 2.96. The number of rotatable bonds is 2. The molecule has 0 aromatic carbocycles. The van der Waals surface area contributed by atoms with Gasteiger partial charge in [-0.05, 0) is 28.1 Å². The van der Waals surface area contributed by atoms with Crippen molar-refractivity contribution in [1.82, 2.24) is 14.8 Å². The largest absolute Gasteiger partial charge is 0.312 e. The van der Waals surface area contributed by atoms with E-state index in [0.29, 0.717) is 4.60 Å². The predicted molar refractivity (Wildman–Crippen MR) is 68.1 cm³/mol. The second kappa shape index (κ2) is 4.67. The van der Waals surface area contributed by atoms with Crippen LogP contribution in [0.15, 0.2) is 35.3 Å². The Hall–Kier alpha value is -1.69. The van der Waals surface area contributed by atoms with Crippen molar-refractivity contribution in [3.8, 4) is 5.69 Å². The van der Waals surface area contributed by atoms with E-state index in [9.17, 15) is 4.79 Å². The highest BCUT2D eigenvalue weighted by molar-refractivity contribution is 9.10. The van der Waals surface area contributed by atoms with Crippen LogP contribution in [0, 0.1) is 0 Å². The van der Waals surface area contributed by atoms with Crippen LogP contribution >= 0.6 is 15.9 Å². The fourth-order valence-corrected chi connectivity index (χ4v) is 1.90. The number of carbonyl (C=O) groups excluding carboxylic acids is 1. The molecular formula is C11H11BrN4O. The van der Waals surface area contributed by atoms with Crippen LogP contribution in [0.3, 0.4) is 0 Å². The molecule has 0 atom stereocenters. The maximum atomic E-state index is 11.3. The average molecular weight is 295 g/mol. The second-order valence-electron chi connectivity index (χ2n) is 3.54. The van der Waals surface area contributed by atoms with E-state index in [1.54, 1.807) is 30.3 Å². The Morgan fingerprint density at radius 1 is 1.53 bits per heavy atom. The number of hydrogen-bond acceptors (Lipinski definition) is 3. The van der Waals surface area contributed by atoms with E-state index in [1.165, 1.54) is 11.8 Å². The highest BCUT2D eigenvalue weighted by Crippen LogP contribution is 2.25. The summed E-state index contributed by atoms with van der Waals surface area (Å²) in [6, 6.07) is 3.73. The molecule has 2 heterocycles. The smallest absolute Gasteiger partial charge is 0.223 e. The van der Waals surface area contributed by atoms with Crippen molar-refractivity contribution in [3.05, 3.63) is 35.3 Å². The Morgan fingerprint density at radius 2 is 2.29 bits per heavy atom. The maximum absolute atomic E-state index is 11.3. The highest BCUT2D eigenvalue weighted by atomic mass is 79.9. The summed E-state index contributed by atoms with van der Waals surface area (Å²) in [7, 11) is 1.71. The number of anilines is 1. The normalized spacial score (nSPS) is 10.3. The van der Waals surface area contributed by atoms with E-state index in [0.717, 1.165) is 11.4 Å². The molecule has 88 valence electrons. The summed E-state index contributed by atoms with van der Waals surface area (Å²) in [6.45, 7) is 1.51. The quantitative estimate of drug-likeness (QED) is 0.851. The summed E-state index contributed by atoms with van der Waals surface area (Å²) < 4.78 is 2.30. The molecule has 0 saturated carbocycles. The van der Waals surface area contributed by atoms with E-state index in [2.05, 4.69) is 26.0 Å².